The van der Waals surface area contributed by atoms with Crippen LogP contribution >= 0.6 is 34.3 Å². The van der Waals surface area contributed by atoms with E-state index in [-0.39, 0.29) is 43.8 Å². The molecule has 7 heterocycles. The maximum absolute atomic E-state index is 14.2. The number of β-amino-alcohol motifs (C(OH)–C–C–N with tert-alkyl or cyclic N) is 1. The Hall–Kier alpha value is -6.54. The Morgan fingerprint density at radius 3 is 2.27 bits per heavy atom. The Bertz CT molecular complexity index is 3050. The number of anilines is 1. The molecule has 4 amide bonds. The number of fused-ring (bicyclic) bond motifs is 3. The van der Waals surface area contributed by atoms with Gasteiger partial charge in [0.25, 0.3) is 5.91 Å². The molecule has 17 nitrogen and oxygen atoms in total. The number of aryl methyl sites for hydroxylation is 3. The molecule has 2 saturated heterocycles. The minimum absolute atomic E-state index is 0.0335. The molecular weight excluding hydrogens is 986 g/mol. The third-order valence-corrected chi connectivity index (χ3v) is 16.3. The largest absolute Gasteiger partial charge is 0.482 e. The maximum Gasteiger partial charge on any atom is 0.258 e. The number of thiophene rings is 1. The van der Waals surface area contributed by atoms with Crippen molar-refractivity contribution in [3.8, 4) is 21.2 Å². The summed E-state index contributed by atoms with van der Waals surface area (Å²) >= 11 is 9.53. The number of ether oxygens (including phenoxy) is 1. The zero-order valence-corrected chi connectivity index (χ0v) is 44.6. The standard InChI is InChI=1S/C53H60ClN11O6S2/c1-29-32(4)73-52-45(29)46(35-13-15-37(54)16-14-35)58-40(49-61-60-33(5)65(49)52)24-44(68)63-21-19-62(20-22-63)42-18-17-39(25-55-42)71-27-43(67)59-48(53(6,7)8)51(70)64-26-38(66)23-41(64)50(69)57-30(2)34-9-11-36(12-10-34)47-31(3)56-28-72-47/h9-18,25,28,30,38,40-41,48,66H,19-24,26-27H2,1-8H3,(H,57,69)(H,59,67)/t30?,38?,40-,41-,48+/m0/s1. The van der Waals surface area contributed by atoms with Crippen LogP contribution in [0.3, 0.4) is 0 Å². The number of rotatable bonds is 13. The number of aliphatic hydroxyl groups is 1. The van der Waals surface area contributed by atoms with E-state index in [4.69, 9.17) is 21.3 Å². The van der Waals surface area contributed by atoms with Gasteiger partial charge in [-0.3, -0.25) is 28.7 Å². The SMILES string of the molecule is Cc1ncsc1-c1ccc(C(C)NC(=O)[C@@H]2CC(O)CN2C(=O)[C@@H](NC(=O)COc2ccc(N3CCN(C(=O)C[C@@H]4N=C(c5ccc(Cl)cc5)c5c(sc(C)c5C)-n5c(C)nnc54)CC3)nc2)C(C)(C)C)cc1. The molecule has 5 atom stereocenters. The number of likely N-dealkylation sites (tertiary alicyclic amines) is 1. The lowest BCUT2D eigenvalue weighted by Crippen LogP contribution is -2.58. The summed E-state index contributed by atoms with van der Waals surface area (Å²) in [5.74, 6) is 1.00. The quantitative estimate of drug-likeness (QED) is 0.106. The molecular formula is C53H60ClN11O6S2. The summed E-state index contributed by atoms with van der Waals surface area (Å²) in [5, 5.41) is 27.2. The average Bonchev–Trinajstić information content (AvgIpc) is 4.14. The van der Waals surface area contributed by atoms with E-state index in [1.807, 2.05) is 111 Å². The lowest BCUT2D eigenvalue weighted by atomic mass is 9.85. The highest BCUT2D eigenvalue weighted by atomic mass is 35.5. The zero-order valence-electron chi connectivity index (χ0n) is 42.2. The molecule has 0 aliphatic carbocycles. The fourth-order valence-electron chi connectivity index (χ4n) is 9.62. The number of benzene rings is 2. The highest BCUT2D eigenvalue weighted by Crippen LogP contribution is 2.40. The first-order valence-electron chi connectivity index (χ1n) is 24.4. The molecule has 382 valence electrons. The van der Waals surface area contributed by atoms with E-state index < -0.39 is 41.5 Å². The van der Waals surface area contributed by atoms with Gasteiger partial charge in [-0.2, -0.15) is 0 Å². The minimum atomic E-state index is -1.02. The number of piperazine rings is 1. The summed E-state index contributed by atoms with van der Waals surface area (Å²) in [7, 11) is 0. The summed E-state index contributed by atoms with van der Waals surface area (Å²) < 4.78 is 7.89. The third-order valence-electron chi connectivity index (χ3n) is 13.8. The van der Waals surface area contributed by atoms with Gasteiger partial charge < -0.3 is 35.2 Å². The van der Waals surface area contributed by atoms with Gasteiger partial charge in [0.1, 0.15) is 40.5 Å². The first-order valence-corrected chi connectivity index (χ1v) is 26.5. The molecule has 73 heavy (non-hydrogen) atoms. The van der Waals surface area contributed by atoms with Crippen LogP contribution in [0.1, 0.15) is 97.1 Å². The third kappa shape index (κ3) is 10.9. The fourth-order valence-corrected chi connectivity index (χ4v) is 11.8. The van der Waals surface area contributed by atoms with E-state index in [0.717, 1.165) is 54.9 Å². The van der Waals surface area contributed by atoms with Crippen LogP contribution in [0.15, 0.2) is 77.4 Å². The van der Waals surface area contributed by atoms with Crippen molar-refractivity contribution < 1.29 is 29.0 Å². The number of aliphatic hydroxyl groups excluding tert-OH is 1. The van der Waals surface area contributed by atoms with E-state index >= 15 is 0 Å². The molecule has 2 aromatic carbocycles. The Kier molecular flexibility index (Phi) is 14.9. The van der Waals surface area contributed by atoms with Gasteiger partial charge in [0, 0.05) is 60.2 Å². The highest BCUT2D eigenvalue weighted by molar-refractivity contribution is 7.15. The van der Waals surface area contributed by atoms with Gasteiger partial charge in [0.15, 0.2) is 12.4 Å². The van der Waals surface area contributed by atoms with Crippen LogP contribution in [0.2, 0.25) is 5.02 Å². The Morgan fingerprint density at radius 1 is 0.904 bits per heavy atom. The second-order valence-electron chi connectivity index (χ2n) is 20.0. The van der Waals surface area contributed by atoms with Gasteiger partial charge in [-0.1, -0.05) is 68.8 Å². The molecule has 0 radical (unpaired) electrons. The van der Waals surface area contributed by atoms with Crippen LogP contribution < -0.4 is 20.3 Å². The molecule has 4 aromatic heterocycles. The molecule has 0 spiro atoms. The van der Waals surface area contributed by atoms with E-state index in [0.29, 0.717) is 48.6 Å². The predicted octanol–water partition coefficient (Wildman–Crippen LogP) is 7.11. The highest BCUT2D eigenvalue weighted by Gasteiger charge is 2.45. The van der Waals surface area contributed by atoms with Crippen molar-refractivity contribution in [3.05, 3.63) is 122 Å². The van der Waals surface area contributed by atoms with Crippen LogP contribution in [-0.4, -0.2) is 126 Å². The molecule has 0 bridgehead atoms. The number of thiazole rings is 1. The van der Waals surface area contributed by atoms with Crippen molar-refractivity contribution in [3.63, 3.8) is 0 Å². The van der Waals surface area contributed by atoms with Crippen molar-refractivity contribution in [1.82, 2.24) is 45.2 Å². The van der Waals surface area contributed by atoms with Crippen molar-refractivity contribution in [2.45, 2.75) is 98.5 Å². The van der Waals surface area contributed by atoms with E-state index in [2.05, 4.69) is 49.5 Å². The molecule has 6 aromatic rings. The van der Waals surface area contributed by atoms with Crippen LogP contribution in [0.5, 0.6) is 5.75 Å². The van der Waals surface area contributed by atoms with Crippen molar-refractivity contribution in [2.75, 3.05) is 44.2 Å². The van der Waals surface area contributed by atoms with Gasteiger partial charge in [0.2, 0.25) is 17.7 Å². The summed E-state index contributed by atoms with van der Waals surface area (Å²) in [6, 6.07) is 16.2. The number of aromatic nitrogens is 5. The van der Waals surface area contributed by atoms with Crippen molar-refractivity contribution in [2.24, 2.45) is 10.4 Å². The number of hydrogen-bond acceptors (Lipinski definition) is 14. The number of nitrogens with one attached hydrogen (secondary N) is 2. The molecule has 2 fully saturated rings. The number of nitrogens with zero attached hydrogens (tertiary/aromatic N) is 9. The Balaban J connectivity index is 0.781. The number of halogens is 1. The zero-order chi connectivity index (χ0) is 51.9. The van der Waals surface area contributed by atoms with E-state index in [9.17, 15) is 24.3 Å². The smallest absolute Gasteiger partial charge is 0.258 e. The maximum atomic E-state index is 14.2. The first-order chi connectivity index (χ1) is 34.8. The second kappa shape index (κ2) is 21.1. The monoisotopic (exact) mass is 1050 g/mol. The summed E-state index contributed by atoms with van der Waals surface area (Å²) in [4.78, 5) is 77.3. The Labute approximate surface area is 437 Å². The fraction of sp³-hybridized carbons (Fsp3) is 0.415. The van der Waals surface area contributed by atoms with Crippen LogP contribution in [0.25, 0.3) is 15.4 Å². The number of hydrogen-bond donors (Lipinski definition) is 3. The molecule has 20 heteroatoms. The van der Waals surface area contributed by atoms with Crippen molar-refractivity contribution >= 4 is 69.4 Å². The van der Waals surface area contributed by atoms with Gasteiger partial charge in [-0.25, -0.2) is 9.97 Å². The molecule has 3 aliphatic heterocycles. The molecule has 0 saturated carbocycles. The summed E-state index contributed by atoms with van der Waals surface area (Å²) in [5.41, 5.74) is 7.79. The average molecular weight is 1050 g/mol. The number of carbonyl (C=O) groups excluding carboxylic acids is 4. The minimum Gasteiger partial charge on any atom is -0.482 e. The van der Waals surface area contributed by atoms with Crippen molar-refractivity contribution in [1.29, 1.82) is 0 Å². The lowest BCUT2D eigenvalue weighted by Gasteiger charge is -2.36. The van der Waals surface area contributed by atoms with E-state index in [1.165, 1.54) is 9.78 Å². The molecule has 3 aliphatic rings. The van der Waals surface area contributed by atoms with Gasteiger partial charge in [-0.15, -0.1) is 32.9 Å². The summed E-state index contributed by atoms with van der Waals surface area (Å²) in [6.45, 7) is 17.1. The summed E-state index contributed by atoms with van der Waals surface area (Å²) in [6.07, 6.45) is 0.833. The van der Waals surface area contributed by atoms with Gasteiger partial charge >= 0.3 is 0 Å². The van der Waals surface area contributed by atoms with Gasteiger partial charge in [0.05, 0.1) is 46.6 Å². The number of pyridine rings is 1. The number of amides is 4. The van der Waals surface area contributed by atoms with Crippen LogP contribution in [-0.2, 0) is 19.2 Å². The first kappa shape index (κ1) is 51.4. The topological polar surface area (TPSA) is 200 Å². The number of aliphatic imine (C=N–C) groups is 1. The normalized spacial score (nSPS) is 18.6. The van der Waals surface area contributed by atoms with Crippen LogP contribution in [0, 0.1) is 33.1 Å². The Morgan fingerprint density at radius 2 is 1.62 bits per heavy atom. The van der Waals surface area contributed by atoms with Gasteiger partial charge in [-0.05, 0) is 81.0 Å². The molecule has 2 unspecified atom stereocenters. The predicted molar refractivity (Wildman–Crippen MR) is 283 cm³/mol. The second-order valence-corrected chi connectivity index (χ2v) is 22.5. The van der Waals surface area contributed by atoms with E-state index in [1.54, 1.807) is 34.9 Å². The lowest BCUT2D eigenvalue weighted by molar-refractivity contribution is -0.144. The molecule has 3 N–H and O–H groups in total. The molecule has 9 rings (SSSR count). The number of carbonyl (C=O) groups is 4. The van der Waals surface area contributed by atoms with Crippen LogP contribution in [0.4, 0.5) is 5.82 Å².